The van der Waals surface area contributed by atoms with E-state index in [0.717, 1.165) is 12.1 Å². The fraction of sp³-hybridized carbons (Fsp3) is 0.900. The second-order valence-corrected chi connectivity index (χ2v) is 6.60. The van der Waals surface area contributed by atoms with E-state index in [2.05, 4.69) is 18.8 Å². The first-order valence-electron chi connectivity index (χ1n) is 5.15. The Hall–Kier alpha value is -0.420. The molecule has 0 aromatic heterocycles. The van der Waals surface area contributed by atoms with Crippen LogP contribution < -0.4 is 0 Å². The number of hydrogen-bond donors (Lipinski definition) is 1. The highest BCUT2D eigenvalue weighted by Crippen LogP contribution is 2.02. The molecule has 1 N–H and O–H groups in total. The van der Waals surface area contributed by atoms with Gasteiger partial charge in [0.25, 0.3) is 0 Å². The Morgan fingerprint density at radius 2 is 1.87 bits per heavy atom. The number of rotatable bonds is 6. The van der Waals surface area contributed by atoms with Gasteiger partial charge in [0.1, 0.15) is 0 Å². The Labute approximate surface area is 92.3 Å². The maximum Gasteiger partial charge on any atom is 0.178 e. The van der Waals surface area contributed by atoms with Crippen LogP contribution in [0.25, 0.3) is 0 Å². The maximum atomic E-state index is 11.2. The summed E-state index contributed by atoms with van der Waals surface area (Å²) < 4.78 is 22.4. The van der Waals surface area contributed by atoms with E-state index in [1.54, 1.807) is 0 Å². The zero-order chi connectivity index (χ0) is 12.1. The molecule has 1 unspecified atom stereocenters. The Kier molecular flexibility index (Phi) is 6.05. The molecule has 15 heavy (non-hydrogen) atoms. The molecule has 0 aliphatic rings. The van der Waals surface area contributed by atoms with E-state index in [0.29, 0.717) is 5.92 Å². The molecule has 90 valence electrons. The van der Waals surface area contributed by atoms with Gasteiger partial charge in [0.2, 0.25) is 0 Å². The highest BCUT2D eigenvalue weighted by Gasteiger charge is 2.16. The van der Waals surface area contributed by atoms with Gasteiger partial charge in [-0.1, -0.05) is 13.8 Å². The quantitative estimate of drug-likeness (QED) is 0.704. The predicted octanol–water partition coefficient (Wildman–Crippen LogP) is 1.25. The monoisotopic (exact) mass is 235 g/mol. The number of aliphatic imine (C=N–C) groups is 1. The first-order chi connectivity index (χ1) is 6.75. The van der Waals surface area contributed by atoms with Crippen molar-refractivity contribution in [2.24, 2.45) is 10.9 Å². The van der Waals surface area contributed by atoms with Gasteiger partial charge in [-0.05, 0) is 26.2 Å². The largest absolute Gasteiger partial charge is 0.377 e. The molecule has 0 spiro atoms. The molecule has 0 bridgehead atoms. The van der Waals surface area contributed by atoms with Gasteiger partial charge in [-0.25, -0.2) is 8.42 Å². The molecule has 0 fully saturated rings. The minimum atomic E-state index is -3.37. The molecule has 5 heteroatoms. The van der Waals surface area contributed by atoms with Crippen LogP contribution in [0.3, 0.4) is 0 Å². The Morgan fingerprint density at radius 1 is 1.33 bits per heavy atom. The Bertz CT molecular complexity index is 305. The van der Waals surface area contributed by atoms with Crippen molar-refractivity contribution in [1.29, 1.82) is 0 Å². The van der Waals surface area contributed by atoms with Gasteiger partial charge in [0.15, 0.2) is 15.3 Å². The van der Waals surface area contributed by atoms with E-state index in [-0.39, 0.29) is 12.3 Å². The molecule has 0 saturated carbocycles. The lowest BCUT2D eigenvalue weighted by molar-refractivity contribution is 0.268. The van der Waals surface area contributed by atoms with E-state index in [1.807, 2.05) is 6.92 Å². The Morgan fingerprint density at radius 3 is 2.27 bits per heavy atom. The lowest BCUT2D eigenvalue weighted by Crippen LogP contribution is -2.22. The highest BCUT2D eigenvalue weighted by molar-refractivity contribution is 7.91. The molecule has 0 saturated heterocycles. The van der Waals surface area contributed by atoms with Crippen molar-refractivity contribution in [3.05, 3.63) is 0 Å². The molecular weight excluding hydrogens is 214 g/mol. The summed E-state index contributed by atoms with van der Waals surface area (Å²) in [5.74, 6) is 0.447. The SMILES string of the molecule is CC(CC(C)C)=NCCS(=O)(=O)C(C)O. The summed E-state index contributed by atoms with van der Waals surface area (Å²) in [6.07, 6.45) is 0.884. The van der Waals surface area contributed by atoms with E-state index >= 15 is 0 Å². The van der Waals surface area contributed by atoms with Crippen LogP contribution >= 0.6 is 0 Å². The first-order valence-corrected chi connectivity index (χ1v) is 6.87. The molecule has 0 amide bonds. The topological polar surface area (TPSA) is 66.7 Å². The van der Waals surface area contributed by atoms with Gasteiger partial charge >= 0.3 is 0 Å². The predicted molar refractivity (Wildman–Crippen MR) is 62.9 cm³/mol. The Balaban J connectivity index is 4.09. The maximum absolute atomic E-state index is 11.2. The van der Waals surface area contributed by atoms with Crippen LogP contribution in [0.5, 0.6) is 0 Å². The van der Waals surface area contributed by atoms with Crippen molar-refractivity contribution in [2.75, 3.05) is 12.3 Å². The van der Waals surface area contributed by atoms with Crippen LogP contribution in [0.15, 0.2) is 4.99 Å². The van der Waals surface area contributed by atoms with Crippen LogP contribution in [-0.4, -0.2) is 37.0 Å². The number of aliphatic hydroxyl groups excluding tert-OH is 1. The van der Waals surface area contributed by atoms with Gasteiger partial charge in [-0.3, -0.25) is 4.99 Å². The number of hydrogen-bond acceptors (Lipinski definition) is 4. The van der Waals surface area contributed by atoms with Crippen molar-refractivity contribution >= 4 is 15.5 Å². The van der Waals surface area contributed by atoms with E-state index in [4.69, 9.17) is 5.11 Å². The molecule has 0 aliphatic carbocycles. The second-order valence-electron chi connectivity index (χ2n) is 4.18. The molecule has 0 radical (unpaired) electrons. The fourth-order valence-electron chi connectivity index (χ4n) is 1.19. The van der Waals surface area contributed by atoms with Gasteiger partial charge < -0.3 is 5.11 Å². The van der Waals surface area contributed by atoms with Crippen molar-refractivity contribution in [2.45, 2.75) is 39.6 Å². The van der Waals surface area contributed by atoms with Crippen molar-refractivity contribution in [3.8, 4) is 0 Å². The average Bonchev–Trinajstić information content (AvgIpc) is 2.01. The third-order valence-corrected chi connectivity index (χ3v) is 3.77. The summed E-state index contributed by atoms with van der Waals surface area (Å²) in [6, 6.07) is 0. The first kappa shape index (κ1) is 14.6. The zero-order valence-electron chi connectivity index (χ0n) is 9.90. The third-order valence-electron chi connectivity index (χ3n) is 1.98. The molecule has 0 rings (SSSR count). The molecule has 0 aliphatic heterocycles. The van der Waals surface area contributed by atoms with Gasteiger partial charge in [0, 0.05) is 5.71 Å². The second kappa shape index (κ2) is 6.23. The third kappa shape index (κ3) is 6.62. The number of nitrogens with zero attached hydrogens (tertiary/aromatic N) is 1. The molecule has 0 aromatic carbocycles. The van der Waals surface area contributed by atoms with Gasteiger partial charge in [0.05, 0.1) is 12.3 Å². The van der Waals surface area contributed by atoms with Crippen LogP contribution in [-0.2, 0) is 9.84 Å². The van der Waals surface area contributed by atoms with Gasteiger partial charge in [-0.2, -0.15) is 0 Å². The smallest absolute Gasteiger partial charge is 0.178 e. The molecule has 4 nitrogen and oxygen atoms in total. The average molecular weight is 235 g/mol. The summed E-state index contributed by atoms with van der Waals surface area (Å²) in [5, 5.41) is 8.95. The lowest BCUT2D eigenvalue weighted by Gasteiger charge is -2.06. The van der Waals surface area contributed by atoms with Crippen molar-refractivity contribution in [1.82, 2.24) is 0 Å². The molecule has 0 aromatic rings. The number of sulfone groups is 1. The van der Waals surface area contributed by atoms with Crippen molar-refractivity contribution in [3.63, 3.8) is 0 Å². The van der Waals surface area contributed by atoms with Crippen LogP contribution in [0, 0.1) is 5.92 Å². The normalized spacial score (nSPS) is 15.7. The van der Waals surface area contributed by atoms with E-state index < -0.39 is 15.3 Å². The van der Waals surface area contributed by atoms with Crippen molar-refractivity contribution < 1.29 is 13.5 Å². The lowest BCUT2D eigenvalue weighted by atomic mass is 10.1. The summed E-state index contributed by atoms with van der Waals surface area (Å²) in [6.45, 7) is 7.58. The highest BCUT2D eigenvalue weighted by atomic mass is 32.2. The summed E-state index contributed by atoms with van der Waals surface area (Å²) >= 11 is 0. The van der Waals surface area contributed by atoms with E-state index in [1.165, 1.54) is 6.92 Å². The summed E-state index contributed by atoms with van der Waals surface area (Å²) in [4.78, 5) is 4.16. The standard InChI is InChI=1S/C10H21NO3S/c1-8(2)7-9(3)11-5-6-15(13,14)10(4)12/h8,10,12H,5-7H2,1-4H3. The van der Waals surface area contributed by atoms with Crippen LogP contribution in [0.1, 0.15) is 34.1 Å². The van der Waals surface area contributed by atoms with Crippen LogP contribution in [0.2, 0.25) is 0 Å². The summed E-state index contributed by atoms with van der Waals surface area (Å²) in [5.41, 5.74) is -0.330. The fourth-order valence-corrected chi connectivity index (χ4v) is 1.88. The number of aliphatic hydroxyl groups is 1. The van der Waals surface area contributed by atoms with E-state index in [9.17, 15) is 8.42 Å². The minimum Gasteiger partial charge on any atom is -0.377 e. The summed E-state index contributed by atoms with van der Waals surface area (Å²) in [7, 11) is -3.37. The molecule has 1 atom stereocenters. The van der Waals surface area contributed by atoms with Crippen LogP contribution in [0.4, 0.5) is 0 Å². The minimum absolute atomic E-state index is 0.0832. The molecule has 0 heterocycles. The molecular formula is C10H21NO3S. The zero-order valence-corrected chi connectivity index (χ0v) is 10.7. The van der Waals surface area contributed by atoms with Gasteiger partial charge in [-0.15, -0.1) is 0 Å².